The third-order valence-corrected chi connectivity index (χ3v) is 5.34. The smallest absolute Gasteiger partial charge is 0.407 e. The van der Waals surface area contributed by atoms with E-state index in [1.165, 1.54) is 23.3 Å². The van der Waals surface area contributed by atoms with Gasteiger partial charge >= 0.3 is 6.09 Å². The van der Waals surface area contributed by atoms with Gasteiger partial charge < -0.3 is 10.1 Å². The van der Waals surface area contributed by atoms with E-state index in [2.05, 4.69) is 9.69 Å². The van der Waals surface area contributed by atoms with Crippen molar-refractivity contribution in [1.29, 1.82) is 0 Å². The van der Waals surface area contributed by atoms with Crippen LogP contribution in [0, 0.1) is 0 Å². The van der Waals surface area contributed by atoms with Crippen LogP contribution in [0.1, 0.15) is 47.7 Å². The van der Waals surface area contributed by atoms with Gasteiger partial charge in [0.25, 0.3) is 0 Å². The van der Waals surface area contributed by atoms with Gasteiger partial charge in [-0.15, -0.1) is 0 Å². The van der Waals surface area contributed by atoms with Crippen LogP contribution < -0.4 is 5.32 Å². The van der Waals surface area contributed by atoms with Crippen LogP contribution in [0.4, 0.5) is 4.79 Å². The van der Waals surface area contributed by atoms with E-state index in [-0.39, 0.29) is 10.4 Å². The summed E-state index contributed by atoms with van der Waals surface area (Å²) in [5.41, 5.74) is 0.140. The summed E-state index contributed by atoms with van der Waals surface area (Å²) < 4.78 is 9.35. The second-order valence-corrected chi connectivity index (χ2v) is 8.43. The zero-order valence-electron chi connectivity index (χ0n) is 14.5. The molecule has 0 aliphatic carbocycles. The van der Waals surface area contributed by atoms with Gasteiger partial charge in [0.05, 0.1) is 5.25 Å². The quantitative estimate of drug-likeness (QED) is 0.791. The summed E-state index contributed by atoms with van der Waals surface area (Å²) in [5.74, 6) is 0. The summed E-state index contributed by atoms with van der Waals surface area (Å²) in [7, 11) is 0. The highest BCUT2D eigenvalue weighted by Crippen LogP contribution is 2.35. The first-order valence-electron chi connectivity index (χ1n) is 7.98. The fourth-order valence-corrected chi connectivity index (χ4v) is 3.88. The molecule has 0 fully saturated rings. The van der Waals surface area contributed by atoms with Crippen molar-refractivity contribution in [1.82, 2.24) is 9.69 Å². The van der Waals surface area contributed by atoms with Crippen LogP contribution in [0.25, 0.3) is 0 Å². The second-order valence-electron chi connectivity index (χ2n) is 6.39. The Labute approximate surface area is 156 Å². The Balaban J connectivity index is 1.93. The number of carbonyl (C=O) groups excluding carboxylic acids is 2. The number of alkyl carbamates (subject to hydrolysis) is 1. The van der Waals surface area contributed by atoms with Crippen molar-refractivity contribution in [3.8, 4) is 0 Å². The molecule has 1 N–H and O–H groups in total. The molecule has 7 heteroatoms. The maximum atomic E-state index is 12.5. The van der Waals surface area contributed by atoms with Crippen LogP contribution >= 0.6 is 23.3 Å². The van der Waals surface area contributed by atoms with E-state index in [0.29, 0.717) is 18.5 Å². The first kappa shape index (κ1) is 19.5. The molecule has 2 rings (SSSR count). The lowest BCUT2D eigenvalue weighted by Gasteiger charge is -2.20. The van der Waals surface area contributed by atoms with Crippen molar-refractivity contribution in [2.24, 2.45) is 0 Å². The maximum Gasteiger partial charge on any atom is 0.407 e. The number of nitrogens with zero attached hydrogens (tertiary/aromatic N) is 1. The molecule has 25 heavy (non-hydrogen) atoms. The van der Waals surface area contributed by atoms with Crippen LogP contribution in [0.2, 0.25) is 0 Å². The number of carbonyl (C=O) groups is 2. The van der Waals surface area contributed by atoms with Crippen molar-refractivity contribution in [2.45, 2.75) is 38.0 Å². The number of hydrogen-bond acceptors (Lipinski definition) is 6. The molecule has 0 radical (unpaired) electrons. The topological polar surface area (TPSA) is 68.3 Å². The molecule has 0 aliphatic rings. The van der Waals surface area contributed by atoms with Crippen LogP contribution in [-0.2, 0) is 4.74 Å². The molecule has 5 nitrogen and oxygen atoms in total. The first-order valence-corrected chi connectivity index (χ1v) is 9.64. The normalized spacial score (nSPS) is 12.4. The van der Waals surface area contributed by atoms with E-state index < -0.39 is 11.7 Å². The number of rotatable bonds is 6. The number of nitrogens with one attached hydrogen (secondary N) is 1. The molecule has 0 spiro atoms. The highest BCUT2D eigenvalue weighted by molar-refractivity contribution is 8.14. The summed E-state index contributed by atoms with van der Waals surface area (Å²) in [6.07, 6.45) is 1.89. The second kappa shape index (κ2) is 9.01. The highest BCUT2D eigenvalue weighted by Gasteiger charge is 2.21. The predicted molar refractivity (Wildman–Crippen MR) is 102 cm³/mol. The lowest BCUT2D eigenvalue weighted by molar-refractivity contribution is 0.0527. The van der Waals surface area contributed by atoms with Gasteiger partial charge in [0.1, 0.15) is 5.60 Å². The molecule has 1 atom stereocenters. The third kappa shape index (κ3) is 6.88. The van der Waals surface area contributed by atoms with Gasteiger partial charge in [-0.3, -0.25) is 4.79 Å². The fraction of sp³-hybridized carbons (Fsp3) is 0.389. The number of ether oxygens (including phenoxy) is 1. The Kier molecular flexibility index (Phi) is 7.01. The molecule has 0 saturated heterocycles. The summed E-state index contributed by atoms with van der Waals surface area (Å²) in [4.78, 5) is 25.2. The maximum absolute atomic E-state index is 12.5. The van der Waals surface area contributed by atoms with Gasteiger partial charge in [-0.1, -0.05) is 42.1 Å². The molecule has 1 unspecified atom stereocenters. The molecule has 134 valence electrons. The van der Waals surface area contributed by atoms with Gasteiger partial charge in [0.2, 0.25) is 5.12 Å². The molecular weight excluding hydrogens is 356 g/mol. The average molecular weight is 379 g/mol. The number of amides is 1. The zero-order chi connectivity index (χ0) is 18.3. The molecule has 1 heterocycles. The molecule has 2 aromatic rings. The Hall–Kier alpha value is -1.86. The number of hydrogen-bond donors (Lipinski definition) is 1. The Bertz CT molecular complexity index is 682. The van der Waals surface area contributed by atoms with Crippen molar-refractivity contribution >= 4 is 34.5 Å². The van der Waals surface area contributed by atoms with Crippen LogP contribution in [-0.4, -0.2) is 27.7 Å². The SMILES string of the molecule is CC(C)(C)OC(=O)NCCC(SC(=O)c1ccccc1)c1ccns1. The Morgan fingerprint density at radius 1 is 1.24 bits per heavy atom. The van der Waals surface area contributed by atoms with Gasteiger partial charge in [-0.2, -0.15) is 0 Å². The Morgan fingerprint density at radius 2 is 1.96 bits per heavy atom. The highest BCUT2D eigenvalue weighted by atomic mass is 32.2. The van der Waals surface area contributed by atoms with Crippen molar-refractivity contribution < 1.29 is 14.3 Å². The van der Waals surface area contributed by atoms with Crippen LogP contribution in [0.5, 0.6) is 0 Å². The van der Waals surface area contributed by atoms with E-state index in [4.69, 9.17) is 4.74 Å². The Morgan fingerprint density at radius 3 is 2.56 bits per heavy atom. The fourth-order valence-electron chi connectivity index (χ4n) is 2.04. The van der Waals surface area contributed by atoms with E-state index in [1.807, 2.05) is 45.0 Å². The molecule has 0 aliphatic heterocycles. The van der Waals surface area contributed by atoms with E-state index >= 15 is 0 Å². The lowest BCUT2D eigenvalue weighted by Crippen LogP contribution is -2.33. The zero-order valence-corrected chi connectivity index (χ0v) is 16.2. The number of thioether (sulfide) groups is 1. The van der Waals surface area contributed by atoms with Crippen molar-refractivity contribution in [3.05, 3.63) is 53.0 Å². The van der Waals surface area contributed by atoms with E-state index in [1.54, 1.807) is 18.3 Å². The van der Waals surface area contributed by atoms with Crippen LogP contribution in [0.15, 0.2) is 42.6 Å². The molecular formula is C18H22N2O3S2. The average Bonchev–Trinajstić information content (AvgIpc) is 3.07. The minimum Gasteiger partial charge on any atom is -0.444 e. The number of aromatic nitrogens is 1. The van der Waals surface area contributed by atoms with Gasteiger partial charge in [0.15, 0.2) is 0 Å². The van der Waals surface area contributed by atoms with E-state index in [9.17, 15) is 9.59 Å². The minimum atomic E-state index is -0.529. The number of benzene rings is 1. The molecule has 0 saturated carbocycles. The van der Waals surface area contributed by atoms with Gasteiger partial charge in [-0.05, 0) is 44.8 Å². The first-order chi connectivity index (χ1) is 11.8. The summed E-state index contributed by atoms with van der Waals surface area (Å²) in [6, 6.07) is 11.1. The van der Waals surface area contributed by atoms with E-state index in [0.717, 1.165) is 4.88 Å². The van der Waals surface area contributed by atoms with Gasteiger partial charge in [-0.25, -0.2) is 9.17 Å². The standard InChI is InChI=1S/C18H22N2O3S2/c1-18(2,3)23-17(22)19-11-9-14(15-10-12-20-25-15)24-16(21)13-7-5-4-6-8-13/h4-8,10,12,14H,9,11H2,1-3H3,(H,19,22). The summed E-state index contributed by atoms with van der Waals surface area (Å²) in [5, 5.41) is 2.69. The summed E-state index contributed by atoms with van der Waals surface area (Å²) >= 11 is 2.63. The third-order valence-electron chi connectivity index (χ3n) is 3.11. The largest absolute Gasteiger partial charge is 0.444 e. The van der Waals surface area contributed by atoms with Crippen molar-refractivity contribution in [3.63, 3.8) is 0 Å². The van der Waals surface area contributed by atoms with Crippen molar-refractivity contribution in [2.75, 3.05) is 6.54 Å². The lowest BCUT2D eigenvalue weighted by atomic mass is 10.2. The minimum absolute atomic E-state index is 0.0104. The predicted octanol–water partition coefficient (Wildman–Crippen LogP) is 4.67. The molecule has 1 aromatic heterocycles. The monoisotopic (exact) mass is 378 g/mol. The van der Waals surface area contributed by atoms with Gasteiger partial charge in [0, 0.05) is 23.2 Å². The molecule has 1 aromatic carbocycles. The van der Waals surface area contributed by atoms with Crippen LogP contribution in [0.3, 0.4) is 0 Å². The molecule has 0 bridgehead atoms. The molecule has 1 amide bonds. The summed E-state index contributed by atoms with van der Waals surface area (Å²) in [6.45, 7) is 5.88.